The highest BCUT2D eigenvalue weighted by atomic mass is 16.5. The van der Waals surface area contributed by atoms with Crippen molar-refractivity contribution in [3.8, 4) is 0 Å². The highest BCUT2D eigenvalue weighted by molar-refractivity contribution is 5.23. The number of benzene rings is 2. The van der Waals surface area contributed by atoms with Gasteiger partial charge in [-0.05, 0) is 24.0 Å². The molecule has 0 heterocycles. The lowest BCUT2D eigenvalue weighted by molar-refractivity contribution is 0.125. The second kappa shape index (κ2) is 9.81. The molecule has 0 radical (unpaired) electrons. The van der Waals surface area contributed by atoms with Gasteiger partial charge in [-0.3, -0.25) is 0 Å². The third-order valence-corrected chi connectivity index (χ3v) is 4.17. The van der Waals surface area contributed by atoms with Crippen LogP contribution in [-0.2, 0) is 4.74 Å². The summed E-state index contributed by atoms with van der Waals surface area (Å²) in [4.78, 5) is 0. The molecule has 2 aromatic carbocycles. The summed E-state index contributed by atoms with van der Waals surface area (Å²) in [5, 5.41) is 0. The standard InChI is InChI=1S/C22H26O/c1-3-19(21-11-7-5-8-12-21)15-17-23-18-16-20(4-2)22-13-9-6-10-14-22/h3-14,19-20H,1-2,15-18H2. The zero-order valence-electron chi connectivity index (χ0n) is 13.7. The van der Waals surface area contributed by atoms with Crippen LogP contribution >= 0.6 is 0 Å². The molecule has 0 amide bonds. The molecule has 2 aromatic rings. The Hall–Kier alpha value is -2.12. The molecule has 2 atom stereocenters. The molecule has 0 aromatic heterocycles. The summed E-state index contributed by atoms with van der Waals surface area (Å²) in [6, 6.07) is 21.0. The molecule has 0 aliphatic carbocycles. The van der Waals surface area contributed by atoms with E-state index in [1.807, 2.05) is 24.3 Å². The first-order valence-corrected chi connectivity index (χ1v) is 8.28. The van der Waals surface area contributed by atoms with Crippen LogP contribution in [0.5, 0.6) is 0 Å². The minimum absolute atomic E-state index is 0.362. The van der Waals surface area contributed by atoms with Crippen LogP contribution in [0.2, 0.25) is 0 Å². The summed E-state index contributed by atoms with van der Waals surface area (Å²) >= 11 is 0. The van der Waals surface area contributed by atoms with E-state index in [0.717, 1.165) is 26.1 Å². The van der Waals surface area contributed by atoms with Crippen LogP contribution in [0.3, 0.4) is 0 Å². The Labute approximate surface area is 140 Å². The molecule has 0 aliphatic rings. The monoisotopic (exact) mass is 306 g/mol. The lowest BCUT2D eigenvalue weighted by Gasteiger charge is -2.15. The van der Waals surface area contributed by atoms with Crippen molar-refractivity contribution in [2.75, 3.05) is 13.2 Å². The van der Waals surface area contributed by atoms with Crippen LogP contribution in [-0.4, -0.2) is 13.2 Å². The Balaban J connectivity index is 1.72. The van der Waals surface area contributed by atoms with Crippen molar-refractivity contribution < 1.29 is 4.74 Å². The number of ether oxygens (including phenoxy) is 1. The van der Waals surface area contributed by atoms with Crippen molar-refractivity contribution in [3.63, 3.8) is 0 Å². The minimum atomic E-state index is 0.362. The van der Waals surface area contributed by atoms with E-state index in [1.165, 1.54) is 11.1 Å². The van der Waals surface area contributed by atoms with Gasteiger partial charge in [-0.15, -0.1) is 13.2 Å². The fourth-order valence-corrected chi connectivity index (χ4v) is 2.76. The molecule has 0 saturated carbocycles. The zero-order chi connectivity index (χ0) is 16.3. The average molecular weight is 306 g/mol. The van der Waals surface area contributed by atoms with Crippen molar-refractivity contribution in [2.45, 2.75) is 24.7 Å². The van der Waals surface area contributed by atoms with Gasteiger partial charge in [0.05, 0.1) is 0 Å². The summed E-state index contributed by atoms with van der Waals surface area (Å²) in [5.74, 6) is 0.723. The topological polar surface area (TPSA) is 9.23 Å². The smallest absolute Gasteiger partial charge is 0.0474 e. The third-order valence-electron chi connectivity index (χ3n) is 4.17. The van der Waals surface area contributed by atoms with E-state index in [4.69, 9.17) is 4.74 Å². The molecule has 1 nitrogen and oxygen atoms in total. The van der Waals surface area contributed by atoms with Gasteiger partial charge in [-0.2, -0.15) is 0 Å². The van der Waals surface area contributed by atoms with Gasteiger partial charge in [0.25, 0.3) is 0 Å². The maximum Gasteiger partial charge on any atom is 0.0474 e. The summed E-state index contributed by atoms with van der Waals surface area (Å²) in [5.41, 5.74) is 2.61. The van der Waals surface area contributed by atoms with Gasteiger partial charge in [-0.25, -0.2) is 0 Å². The first kappa shape index (κ1) is 17.2. The second-order valence-corrected chi connectivity index (χ2v) is 5.70. The Bertz CT molecular complexity index is 520. The molecule has 1 heteroatoms. The van der Waals surface area contributed by atoms with Gasteiger partial charge in [0.15, 0.2) is 0 Å². The van der Waals surface area contributed by atoms with Crippen LogP contribution < -0.4 is 0 Å². The van der Waals surface area contributed by atoms with Crippen LogP contribution in [0.1, 0.15) is 35.8 Å². The quantitative estimate of drug-likeness (QED) is 0.403. The predicted octanol–water partition coefficient (Wildman–Crippen LogP) is 5.72. The van der Waals surface area contributed by atoms with Crippen molar-refractivity contribution in [1.82, 2.24) is 0 Å². The largest absolute Gasteiger partial charge is 0.381 e. The van der Waals surface area contributed by atoms with Crippen LogP contribution in [0.15, 0.2) is 86.0 Å². The molecule has 0 bridgehead atoms. The molecule has 23 heavy (non-hydrogen) atoms. The molecule has 2 rings (SSSR count). The second-order valence-electron chi connectivity index (χ2n) is 5.70. The average Bonchev–Trinajstić information content (AvgIpc) is 2.63. The van der Waals surface area contributed by atoms with E-state index < -0.39 is 0 Å². The summed E-state index contributed by atoms with van der Waals surface area (Å²) in [6.07, 6.45) is 5.96. The fourth-order valence-electron chi connectivity index (χ4n) is 2.76. The molecule has 2 unspecified atom stereocenters. The fraction of sp³-hybridized carbons (Fsp3) is 0.273. The lowest BCUT2D eigenvalue weighted by Crippen LogP contribution is -2.05. The van der Waals surface area contributed by atoms with Crippen LogP contribution in [0.4, 0.5) is 0 Å². The van der Waals surface area contributed by atoms with Gasteiger partial charge in [0.1, 0.15) is 0 Å². The van der Waals surface area contributed by atoms with Gasteiger partial charge in [-0.1, -0.05) is 72.8 Å². The molecule has 0 aliphatic heterocycles. The lowest BCUT2D eigenvalue weighted by atomic mass is 9.96. The van der Waals surface area contributed by atoms with E-state index in [0.29, 0.717) is 11.8 Å². The first-order chi connectivity index (χ1) is 11.3. The third kappa shape index (κ3) is 5.54. The SMILES string of the molecule is C=CC(CCOCCC(C=C)c1ccccc1)c1ccccc1. The molecule has 0 saturated heterocycles. The number of allylic oxidation sites excluding steroid dienone is 2. The molecular weight excluding hydrogens is 280 g/mol. The normalized spacial score (nSPS) is 13.2. The van der Waals surface area contributed by atoms with Crippen molar-refractivity contribution >= 4 is 0 Å². The van der Waals surface area contributed by atoms with Crippen LogP contribution in [0.25, 0.3) is 0 Å². The molecule has 0 N–H and O–H groups in total. The summed E-state index contributed by atoms with van der Waals surface area (Å²) < 4.78 is 5.85. The van der Waals surface area contributed by atoms with E-state index >= 15 is 0 Å². The van der Waals surface area contributed by atoms with E-state index in [-0.39, 0.29) is 0 Å². The van der Waals surface area contributed by atoms with Gasteiger partial charge < -0.3 is 4.74 Å². The van der Waals surface area contributed by atoms with Crippen molar-refractivity contribution in [3.05, 3.63) is 97.1 Å². The highest BCUT2D eigenvalue weighted by Crippen LogP contribution is 2.22. The number of hydrogen-bond donors (Lipinski definition) is 0. The van der Waals surface area contributed by atoms with E-state index in [1.54, 1.807) is 0 Å². The molecular formula is C22H26O. The van der Waals surface area contributed by atoms with Crippen LogP contribution in [0, 0.1) is 0 Å². The predicted molar refractivity (Wildman–Crippen MR) is 98.8 cm³/mol. The van der Waals surface area contributed by atoms with E-state index in [9.17, 15) is 0 Å². The molecule has 0 spiro atoms. The zero-order valence-corrected chi connectivity index (χ0v) is 13.7. The highest BCUT2D eigenvalue weighted by Gasteiger charge is 2.09. The Morgan fingerprint density at radius 1 is 0.696 bits per heavy atom. The van der Waals surface area contributed by atoms with Gasteiger partial charge in [0, 0.05) is 25.0 Å². The molecule has 120 valence electrons. The first-order valence-electron chi connectivity index (χ1n) is 8.28. The number of rotatable bonds is 10. The van der Waals surface area contributed by atoms with Gasteiger partial charge >= 0.3 is 0 Å². The summed E-state index contributed by atoms with van der Waals surface area (Å²) in [6.45, 7) is 9.41. The van der Waals surface area contributed by atoms with E-state index in [2.05, 4.69) is 61.7 Å². The maximum absolute atomic E-state index is 5.85. The Morgan fingerprint density at radius 3 is 1.43 bits per heavy atom. The van der Waals surface area contributed by atoms with Crippen molar-refractivity contribution in [1.29, 1.82) is 0 Å². The minimum Gasteiger partial charge on any atom is -0.381 e. The summed E-state index contributed by atoms with van der Waals surface area (Å²) in [7, 11) is 0. The Morgan fingerprint density at radius 2 is 1.09 bits per heavy atom. The van der Waals surface area contributed by atoms with Crippen molar-refractivity contribution in [2.24, 2.45) is 0 Å². The molecule has 0 fully saturated rings. The Kier molecular flexibility index (Phi) is 7.35. The van der Waals surface area contributed by atoms with Gasteiger partial charge in [0.2, 0.25) is 0 Å². The number of hydrogen-bond acceptors (Lipinski definition) is 1. The maximum atomic E-state index is 5.85.